The molecule has 9 heteroatoms. The van der Waals surface area contributed by atoms with Crippen LogP contribution in [0.1, 0.15) is 20.8 Å². The number of imidazole rings is 1. The van der Waals surface area contributed by atoms with Crippen molar-refractivity contribution in [1.82, 2.24) is 34.9 Å². The minimum absolute atomic E-state index is 0.0713. The van der Waals surface area contributed by atoms with Gasteiger partial charge in [0.2, 0.25) is 5.91 Å². The first-order valence-corrected chi connectivity index (χ1v) is 11.9. The van der Waals surface area contributed by atoms with Crippen molar-refractivity contribution in [2.24, 2.45) is 5.41 Å². The summed E-state index contributed by atoms with van der Waals surface area (Å²) in [5, 5.41) is 3.86. The second kappa shape index (κ2) is 8.63. The summed E-state index contributed by atoms with van der Waals surface area (Å²) in [6.45, 7) is 5.62. The standard InChI is InChI=1S/C28H24N8O/c1-28(2,3)27(37)34-19-7-17(10-30-12-19)18-8-20-22(14-33-25(20)32-11-18)26-35-23-15-31-13-21(24(23)36-26)16-5-4-6-29-9-16/h4-15H,1-3H3,(H,32,33)(H,34,37)(H,35,36). The van der Waals surface area contributed by atoms with E-state index in [4.69, 9.17) is 4.98 Å². The van der Waals surface area contributed by atoms with E-state index in [1.165, 1.54) is 0 Å². The molecule has 0 bridgehead atoms. The van der Waals surface area contributed by atoms with Crippen molar-refractivity contribution >= 4 is 33.7 Å². The molecule has 0 radical (unpaired) electrons. The Balaban J connectivity index is 1.40. The third kappa shape index (κ3) is 4.20. The van der Waals surface area contributed by atoms with Gasteiger partial charge in [-0.1, -0.05) is 26.8 Å². The van der Waals surface area contributed by atoms with Crippen molar-refractivity contribution in [3.8, 4) is 33.6 Å². The van der Waals surface area contributed by atoms with E-state index in [-0.39, 0.29) is 5.91 Å². The number of anilines is 1. The summed E-state index contributed by atoms with van der Waals surface area (Å²) >= 11 is 0. The number of carbonyl (C=O) groups is 1. The lowest BCUT2D eigenvalue weighted by molar-refractivity contribution is -0.123. The van der Waals surface area contributed by atoms with Gasteiger partial charge in [-0.15, -0.1) is 0 Å². The summed E-state index contributed by atoms with van der Waals surface area (Å²) in [5.41, 5.74) is 7.01. The second-order valence-electron chi connectivity index (χ2n) is 9.90. The van der Waals surface area contributed by atoms with E-state index >= 15 is 0 Å². The number of fused-ring (bicyclic) bond motifs is 2. The van der Waals surface area contributed by atoms with Crippen LogP contribution in [0.2, 0.25) is 0 Å². The van der Waals surface area contributed by atoms with Crippen molar-refractivity contribution < 1.29 is 4.79 Å². The highest BCUT2D eigenvalue weighted by molar-refractivity contribution is 5.98. The normalized spacial score (nSPS) is 11.8. The van der Waals surface area contributed by atoms with Gasteiger partial charge in [-0.25, -0.2) is 9.97 Å². The molecular weight excluding hydrogens is 464 g/mol. The van der Waals surface area contributed by atoms with Gasteiger partial charge in [0.1, 0.15) is 11.5 Å². The minimum Gasteiger partial charge on any atom is -0.345 e. The molecule has 37 heavy (non-hydrogen) atoms. The smallest absolute Gasteiger partial charge is 0.229 e. The molecule has 182 valence electrons. The molecule has 6 rings (SSSR count). The molecule has 0 atom stereocenters. The third-order valence-electron chi connectivity index (χ3n) is 6.16. The SMILES string of the molecule is CC(C)(C)C(=O)Nc1cncc(-c2cnc3[nH]cc(-c4nc5c(-c6cccnc6)cncc5[nH]4)c3c2)c1. The van der Waals surface area contributed by atoms with Gasteiger partial charge in [0.15, 0.2) is 0 Å². The molecule has 0 aromatic carbocycles. The summed E-state index contributed by atoms with van der Waals surface area (Å²) in [4.78, 5) is 41.6. The first-order valence-electron chi connectivity index (χ1n) is 11.9. The highest BCUT2D eigenvalue weighted by atomic mass is 16.2. The molecule has 0 aliphatic heterocycles. The van der Waals surface area contributed by atoms with Crippen LogP contribution < -0.4 is 5.32 Å². The molecule has 9 nitrogen and oxygen atoms in total. The molecule has 0 fully saturated rings. The predicted octanol–water partition coefficient (Wildman–Crippen LogP) is 5.61. The van der Waals surface area contributed by atoms with Crippen LogP contribution in [0.5, 0.6) is 0 Å². The number of aromatic nitrogens is 7. The fraction of sp³-hybridized carbons (Fsp3) is 0.143. The number of nitrogens with one attached hydrogen (secondary N) is 3. The van der Waals surface area contributed by atoms with Crippen molar-refractivity contribution in [2.45, 2.75) is 20.8 Å². The summed E-state index contributed by atoms with van der Waals surface area (Å²) in [6, 6.07) is 7.84. The van der Waals surface area contributed by atoms with Crippen LogP contribution in [0.15, 0.2) is 73.8 Å². The summed E-state index contributed by atoms with van der Waals surface area (Å²) in [6.07, 6.45) is 14.2. The molecule has 0 aliphatic rings. The Morgan fingerprint density at radius 2 is 1.70 bits per heavy atom. The summed E-state index contributed by atoms with van der Waals surface area (Å²) < 4.78 is 0. The molecule has 6 aromatic heterocycles. The van der Waals surface area contributed by atoms with E-state index < -0.39 is 5.41 Å². The average Bonchev–Trinajstić information content (AvgIpc) is 3.52. The molecule has 0 spiro atoms. The van der Waals surface area contributed by atoms with Gasteiger partial charge in [0.25, 0.3) is 0 Å². The van der Waals surface area contributed by atoms with Crippen molar-refractivity contribution in [2.75, 3.05) is 5.32 Å². The number of hydrogen-bond donors (Lipinski definition) is 3. The fourth-order valence-corrected chi connectivity index (χ4v) is 4.14. The van der Waals surface area contributed by atoms with Gasteiger partial charge in [0, 0.05) is 75.8 Å². The Hall–Kier alpha value is -4.92. The molecule has 6 heterocycles. The highest BCUT2D eigenvalue weighted by Gasteiger charge is 2.21. The fourth-order valence-electron chi connectivity index (χ4n) is 4.14. The van der Waals surface area contributed by atoms with Crippen molar-refractivity contribution in [3.63, 3.8) is 0 Å². The number of carbonyl (C=O) groups excluding carboxylic acids is 1. The van der Waals surface area contributed by atoms with Crippen LogP contribution in [0.3, 0.4) is 0 Å². The zero-order chi connectivity index (χ0) is 25.6. The van der Waals surface area contributed by atoms with Gasteiger partial charge >= 0.3 is 0 Å². The Morgan fingerprint density at radius 1 is 0.892 bits per heavy atom. The number of nitrogens with zero attached hydrogens (tertiary/aromatic N) is 5. The molecule has 0 unspecified atom stereocenters. The second-order valence-corrected chi connectivity index (χ2v) is 9.90. The maximum atomic E-state index is 12.4. The molecule has 0 saturated carbocycles. The molecule has 3 N–H and O–H groups in total. The Labute approximate surface area is 212 Å². The summed E-state index contributed by atoms with van der Waals surface area (Å²) in [5.74, 6) is 0.639. The van der Waals surface area contributed by atoms with E-state index in [2.05, 4.69) is 35.2 Å². The zero-order valence-electron chi connectivity index (χ0n) is 20.6. The lowest BCUT2D eigenvalue weighted by atomic mass is 9.95. The molecule has 1 amide bonds. The average molecular weight is 489 g/mol. The summed E-state index contributed by atoms with van der Waals surface area (Å²) in [7, 11) is 0. The molecular formula is C28H24N8O. The quantitative estimate of drug-likeness (QED) is 0.296. The van der Waals surface area contributed by atoms with Crippen LogP contribution in [0.4, 0.5) is 5.69 Å². The lowest BCUT2D eigenvalue weighted by Crippen LogP contribution is -2.27. The van der Waals surface area contributed by atoms with Crippen LogP contribution in [-0.4, -0.2) is 40.8 Å². The van der Waals surface area contributed by atoms with Gasteiger partial charge in [-0.2, -0.15) is 0 Å². The molecule has 0 aliphatic carbocycles. The van der Waals surface area contributed by atoms with E-state index in [0.717, 1.165) is 49.9 Å². The number of H-pyrrole nitrogens is 2. The largest absolute Gasteiger partial charge is 0.345 e. The maximum Gasteiger partial charge on any atom is 0.229 e. The molecule has 0 saturated heterocycles. The van der Waals surface area contributed by atoms with Gasteiger partial charge in [-0.3, -0.25) is 19.7 Å². The van der Waals surface area contributed by atoms with Crippen LogP contribution in [0, 0.1) is 5.41 Å². The Morgan fingerprint density at radius 3 is 2.51 bits per heavy atom. The topological polar surface area (TPSA) is 125 Å². The van der Waals surface area contributed by atoms with Crippen LogP contribution in [0.25, 0.3) is 55.7 Å². The minimum atomic E-state index is -0.504. The van der Waals surface area contributed by atoms with Crippen molar-refractivity contribution in [1.29, 1.82) is 0 Å². The van der Waals surface area contributed by atoms with E-state index in [0.29, 0.717) is 11.5 Å². The number of rotatable bonds is 4. The van der Waals surface area contributed by atoms with E-state index in [1.807, 2.05) is 51.2 Å². The number of pyridine rings is 4. The van der Waals surface area contributed by atoms with Crippen LogP contribution in [-0.2, 0) is 4.79 Å². The number of aromatic amines is 2. The zero-order valence-corrected chi connectivity index (χ0v) is 20.6. The van der Waals surface area contributed by atoms with Crippen molar-refractivity contribution in [3.05, 3.63) is 73.8 Å². The van der Waals surface area contributed by atoms with Gasteiger partial charge in [-0.05, 0) is 18.2 Å². The Kier molecular flexibility index (Phi) is 5.26. The highest BCUT2D eigenvalue weighted by Crippen LogP contribution is 2.33. The number of amides is 1. The van der Waals surface area contributed by atoms with Gasteiger partial charge < -0.3 is 15.3 Å². The monoisotopic (exact) mass is 488 g/mol. The molecule has 6 aromatic rings. The van der Waals surface area contributed by atoms with E-state index in [1.54, 1.807) is 43.4 Å². The first kappa shape index (κ1) is 22.5. The lowest BCUT2D eigenvalue weighted by Gasteiger charge is -2.17. The van der Waals surface area contributed by atoms with E-state index in [9.17, 15) is 4.79 Å². The number of hydrogen-bond acceptors (Lipinski definition) is 6. The first-order chi connectivity index (χ1) is 17.9. The Bertz CT molecular complexity index is 1760. The predicted molar refractivity (Wildman–Crippen MR) is 144 cm³/mol. The van der Waals surface area contributed by atoms with Gasteiger partial charge in [0.05, 0.1) is 29.1 Å². The maximum absolute atomic E-state index is 12.4. The van der Waals surface area contributed by atoms with Crippen LogP contribution >= 0.6 is 0 Å². The third-order valence-corrected chi connectivity index (χ3v) is 6.16.